The second kappa shape index (κ2) is 6.53. The van der Waals surface area contributed by atoms with Crippen molar-refractivity contribution in [3.63, 3.8) is 0 Å². The number of carbonyl (C=O) groups is 2. The molecule has 0 unspecified atom stereocenters. The number of aromatic carboxylic acids is 1. The van der Waals surface area contributed by atoms with Gasteiger partial charge in [-0.25, -0.2) is 22.4 Å². The quantitative estimate of drug-likeness (QED) is 0.844. The lowest BCUT2D eigenvalue weighted by molar-refractivity contribution is 0.0697. The van der Waals surface area contributed by atoms with Gasteiger partial charge in [0.25, 0.3) is 0 Å². The lowest BCUT2D eigenvalue weighted by Crippen LogP contribution is -2.35. The highest BCUT2D eigenvalue weighted by Crippen LogP contribution is 2.16. The highest BCUT2D eigenvalue weighted by molar-refractivity contribution is 7.90. The van der Waals surface area contributed by atoms with Crippen LogP contribution in [0.1, 0.15) is 10.4 Å². The van der Waals surface area contributed by atoms with Crippen molar-refractivity contribution in [1.82, 2.24) is 4.90 Å². The summed E-state index contributed by atoms with van der Waals surface area (Å²) < 4.78 is 35.5. The molecule has 0 aliphatic heterocycles. The van der Waals surface area contributed by atoms with Gasteiger partial charge in [-0.15, -0.1) is 0 Å². The van der Waals surface area contributed by atoms with Crippen LogP contribution in [0.4, 0.5) is 14.9 Å². The molecule has 0 aliphatic rings. The number of nitrogens with one attached hydrogen (secondary N) is 1. The average molecular weight is 318 g/mol. The molecule has 0 atom stereocenters. The van der Waals surface area contributed by atoms with E-state index in [1.165, 1.54) is 7.05 Å². The number of rotatable bonds is 5. The van der Waals surface area contributed by atoms with Crippen LogP contribution in [0.15, 0.2) is 18.2 Å². The number of urea groups is 1. The molecule has 0 heterocycles. The van der Waals surface area contributed by atoms with Gasteiger partial charge in [0.1, 0.15) is 15.7 Å². The molecule has 1 rings (SSSR count). The maximum Gasteiger partial charge on any atom is 0.335 e. The van der Waals surface area contributed by atoms with E-state index in [0.717, 1.165) is 29.4 Å². The zero-order valence-corrected chi connectivity index (χ0v) is 12.3. The van der Waals surface area contributed by atoms with Crippen LogP contribution < -0.4 is 5.32 Å². The number of hydrogen-bond donors (Lipinski definition) is 2. The molecular formula is C12H15FN2O5S. The minimum atomic E-state index is -3.23. The Morgan fingerprint density at radius 2 is 2.00 bits per heavy atom. The summed E-state index contributed by atoms with van der Waals surface area (Å²) in [4.78, 5) is 23.6. The van der Waals surface area contributed by atoms with E-state index in [9.17, 15) is 22.4 Å². The van der Waals surface area contributed by atoms with Gasteiger partial charge in [0, 0.05) is 19.8 Å². The van der Waals surface area contributed by atoms with Gasteiger partial charge in [-0.05, 0) is 18.2 Å². The molecule has 0 radical (unpaired) electrons. The normalized spacial score (nSPS) is 11.0. The molecule has 0 fully saturated rings. The van der Waals surface area contributed by atoms with E-state index in [-0.39, 0.29) is 23.5 Å². The molecule has 0 bridgehead atoms. The molecule has 7 nitrogen and oxygen atoms in total. The summed E-state index contributed by atoms with van der Waals surface area (Å²) in [6.45, 7) is -0.0646. The fraction of sp³-hybridized carbons (Fsp3) is 0.333. The molecule has 0 aromatic heterocycles. The van der Waals surface area contributed by atoms with Crippen molar-refractivity contribution < 1.29 is 27.5 Å². The molecule has 2 amide bonds. The van der Waals surface area contributed by atoms with Gasteiger partial charge < -0.3 is 15.3 Å². The summed E-state index contributed by atoms with van der Waals surface area (Å²) in [6.07, 6.45) is 1.04. The van der Waals surface area contributed by atoms with E-state index in [1.807, 2.05) is 0 Å². The first-order chi connectivity index (χ1) is 9.60. The van der Waals surface area contributed by atoms with Gasteiger partial charge in [0.2, 0.25) is 0 Å². The number of benzene rings is 1. The van der Waals surface area contributed by atoms with E-state index in [1.54, 1.807) is 0 Å². The monoisotopic (exact) mass is 318 g/mol. The van der Waals surface area contributed by atoms with Crippen LogP contribution >= 0.6 is 0 Å². The number of halogens is 1. The summed E-state index contributed by atoms with van der Waals surface area (Å²) in [5, 5.41) is 11.0. The third-order valence-electron chi connectivity index (χ3n) is 2.60. The third-order valence-corrected chi connectivity index (χ3v) is 3.52. The van der Waals surface area contributed by atoms with E-state index >= 15 is 0 Å². The van der Waals surface area contributed by atoms with Gasteiger partial charge in [-0.2, -0.15) is 0 Å². The molecule has 0 aliphatic carbocycles. The molecule has 1 aromatic rings. The topological polar surface area (TPSA) is 104 Å². The van der Waals surface area contributed by atoms with Gasteiger partial charge in [-0.1, -0.05) is 0 Å². The largest absolute Gasteiger partial charge is 0.478 e. The number of hydrogen-bond acceptors (Lipinski definition) is 4. The number of carbonyl (C=O) groups excluding carboxylic acids is 1. The SMILES string of the molecule is CN(CCS(C)(=O)=O)C(=O)Nc1cc(C(=O)O)ccc1F. The number of sulfone groups is 1. The van der Waals surface area contributed by atoms with E-state index in [4.69, 9.17) is 5.11 Å². The average Bonchev–Trinajstić information content (AvgIpc) is 2.37. The Morgan fingerprint density at radius 1 is 1.38 bits per heavy atom. The van der Waals surface area contributed by atoms with Crippen molar-refractivity contribution in [2.75, 3.05) is 30.9 Å². The minimum Gasteiger partial charge on any atom is -0.478 e. The van der Waals surface area contributed by atoms with Crippen LogP contribution in [0.5, 0.6) is 0 Å². The first-order valence-corrected chi connectivity index (χ1v) is 7.89. The van der Waals surface area contributed by atoms with Crippen LogP contribution in [0.25, 0.3) is 0 Å². The third kappa shape index (κ3) is 5.38. The molecule has 116 valence electrons. The second-order valence-electron chi connectivity index (χ2n) is 4.48. The molecule has 21 heavy (non-hydrogen) atoms. The predicted octanol–water partition coefficient (Wildman–Crippen LogP) is 1.03. The van der Waals surface area contributed by atoms with E-state index in [2.05, 4.69) is 5.32 Å². The van der Waals surface area contributed by atoms with E-state index in [0.29, 0.717) is 0 Å². The van der Waals surface area contributed by atoms with Gasteiger partial charge in [0.05, 0.1) is 17.0 Å². The Balaban J connectivity index is 2.78. The van der Waals surface area contributed by atoms with Crippen molar-refractivity contribution >= 4 is 27.5 Å². The van der Waals surface area contributed by atoms with Crippen molar-refractivity contribution in [3.05, 3.63) is 29.6 Å². The van der Waals surface area contributed by atoms with E-state index < -0.39 is 27.7 Å². The Hall–Kier alpha value is -2.16. The molecule has 9 heteroatoms. The maximum absolute atomic E-state index is 13.5. The smallest absolute Gasteiger partial charge is 0.335 e. The summed E-state index contributed by atoms with van der Waals surface area (Å²) in [5.74, 6) is -2.27. The Labute approximate surface area is 121 Å². The fourth-order valence-corrected chi connectivity index (χ4v) is 1.97. The number of amides is 2. The lowest BCUT2D eigenvalue weighted by atomic mass is 10.2. The Bertz CT molecular complexity index is 660. The van der Waals surface area contributed by atoms with Crippen LogP contribution in [0, 0.1) is 5.82 Å². The first-order valence-electron chi connectivity index (χ1n) is 5.83. The van der Waals surface area contributed by atoms with Crippen molar-refractivity contribution in [2.45, 2.75) is 0 Å². The molecular weight excluding hydrogens is 303 g/mol. The number of anilines is 1. The molecule has 2 N–H and O–H groups in total. The number of carboxylic acid groups (broad SMARTS) is 1. The minimum absolute atomic E-state index is 0.0646. The molecule has 1 aromatic carbocycles. The maximum atomic E-state index is 13.5. The molecule has 0 saturated carbocycles. The lowest BCUT2D eigenvalue weighted by Gasteiger charge is -2.17. The van der Waals surface area contributed by atoms with Gasteiger partial charge >= 0.3 is 12.0 Å². The van der Waals surface area contributed by atoms with Gasteiger partial charge in [0.15, 0.2) is 0 Å². The summed E-state index contributed by atoms with van der Waals surface area (Å²) >= 11 is 0. The summed E-state index contributed by atoms with van der Waals surface area (Å²) in [6, 6.07) is 2.25. The van der Waals surface area contributed by atoms with Gasteiger partial charge in [-0.3, -0.25) is 0 Å². The highest BCUT2D eigenvalue weighted by atomic mass is 32.2. The summed E-state index contributed by atoms with van der Waals surface area (Å²) in [7, 11) is -1.88. The highest BCUT2D eigenvalue weighted by Gasteiger charge is 2.15. The number of nitrogens with zero attached hydrogens (tertiary/aromatic N) is 1. The Kier molecular flexibility index (Phi) is 5.25. The Morgan fingerprint density at radius 3 is 2.52 bits per heavy atom. The van der Waals surface area contributed by atoms with Crippen LogP contribution in [0.2, 0.25) is 0 Å². The predicted molar refractivity (Wildman–Crippen MR) is 74.7 cm³/mol. The summed E-state index contributed by atoms with van der Waals surface area (Å²) in [5.41, 5.74) is -0.461. The first kappa shape index (κ1) is 16.9. The van der Waals surface area contributed by atoms with Crippen LogP contribution in [0.3, 0.4) is 0 Å². The number of carboxylic acids is 1. The zero-order chi connectivity index (χ0) is 16.2. The van der Waals surface area contributed by atoms with Crippen molar-refractivity contribution in [1.29, 1.82) is 0 Å². The van der Waals surface area contributed by atoms with Crippen LogP contribution in [-0.4, -0.2) is 56.0 Å². The molecule has 0 spiro atoms. The van der Waals surface area contributed by atoms with Crippen LogP contribution in [-0.2, 0) is 9.84 Å². The van der Waals surface area contributed by atoms with Crippen molar-refractivity contribution in [2.24, 2.45) is 0 Å². The standard InChI is InChI=1S/C12H15FN2O5S/c1-15(5-6-21(2,19)20)12(18)14-10-7-8(11(16)17)3-4-9(10)13/h3-4,7H,5-6H2,1-2H3,(H,14,18)(H,16,17). The molecule has 0 saturated heterocycles. The second-order valence-corrected chi connectivity index (χ2v) is 6.74. The fourth-order valence-electron chi connectivity index (χ4n) is 1.37. The zero-order valence-electron chi connectivity index (χ0n) is 11.5. The van der Waals surface area contributed by atoms with Crippen molar-refractivity contribution in [3.8, 4) is 0 Å².